The van der Waals surface area contributed by atoms with Crippen LogP contribution in [-0.4, -0.2) is 5.78 Å². The molecule has 2 aromatic heterocycles. The zero-order valence-corrected chi connectivity index (χ0v) is 11.5. The van der Waals surface area contributed by atoms with E-state index in [2.05, 4.69) is 6.92 Å². The maximum atomic E-state index is 11.8. The van der Waals surface area contributed by atoms with Gasteiger partial charge in [-0.25, -0.2) is 0 Å². The van der Waals surface area contributed by atoms with Crippen molar-refractivity contribution in [1.82, 2.24) is 0 Å². The number of thiophene rings is 1. The van der Waals surface area contributed by atoms with Crippen molar-refractivity contribution in [3.63, 3.8) is 0 Å². The Balaban J connectivity index is 0.00000128. The number of aryl methyl sites for hydroxylation is 1. The van der Waals surface area contributed by atoms with Gasteiger partial charge in [0, 0.05) is 6.92 Å². The normalized spacial score (nSPS) is 9.88. The number of Topliss-reactive ketones (excluding diaryl/α,β-unsaturated/α-hetero) is 1. The number of hydrogen-bond acceptors (Lipinski definition) is 3. The second-order valence-corrected chi connectivity index (χ2v) is 5.40. The van der Waals surface area contributed by atoms with Crippen molar-refractivity contribution < 1.29 is 21.8 Å². The quantitative estimate of drug-likeness (QED) is 0.551. The molecular weight excluding hydrogens is 262 g/mol. The fraction of sp³-hybridized carbons (Fsp3) is 0.273. The Morgan fingerprint density at radius 3 is 2.62 bits per heavy atom. The molecule has 2 rings (SSSR count). The van der Waals surface area contributed by atoms with E-state index >= 15 is 0 Å². The molecule has 0 radical (unpaired) electrons. The number of carbonyl (C=O) groups is 1. The average molecular weight is 274 g/mol. The van der Waals surface area contributed by atoms with Crippen LogP contribution in [0.5, 0.6) is 0 Å². The number of thiazole rings is 1. The summed E-state index contributed by atoms with van der Waals surface area (Å²) in [6.07, 6.45) is 0. The third-order valence-electron chi connectivity index (χ3n) is 2.41. The first-order valence-corrected chi connectivity index (χ1v) is 6.45. The van der Waals surface area contributed by atoms with Gasteiger partial charge in [-0.2, -0.15) is 4.57 Å². The van der Waals surface area contributed by atoms with Crippen molar-refractivity contribution in [2.75, 3.05) is 0 Å². The van der Waals surface area contributed by atoms with E-state index in [4.69, 9.17) is 0 Å². The Bertz CT molecular complexity index is 476. The van der Waals surface area contributed by atoms with Crippen molar-refractivity contribution in [1.29, 1.82) is 0 Å². The summed E-state index contributed by atoms with van der Waals surface area (Å²) in [5, 5.41) is 1.93. The van der Waals surface area contributed by atoms with Gasteiger partial charge in [0.25, 0.3) is 0 Å². The molecule has 0 amide bonds. The number of halogens is 1. The van der Waals surface area contributed by atoms with Crippen molar-refractivity contribution in [2.45, 2.75) is 20.4 Å². The van der Waals surface area contributed by atoms with E-state index < -0.39 is 0 Å². The summed E-state index contributed by atoms with van der Waals surface area (Å²) < 4.78 is 2.02. The van der Waals surface area contributed by atoms with Crippen LogP contribution in [-0.2, 0) is 6.54 Å². The van der Waals surface area contributed by atoms with Gasteiger partial charge in [0.05, 0.1) is 9.75 Å². The number of ketones is 1. The molecule has 2 nitrogen and oxygen atoms in total. The molecule has 2 aromatic rings. The molecule has 0 aliphatic heterocycles. The van der Waals surface area contributed by atoms with Crippen molar-refractivity contribution in [3.8, 4) is 0 Å². The highest BCUT2D eigenvalue weighted by atomic mass is 35.5. The number of carbonyl (C=O) groups excluding carboxylic acids is 1. The number of nitrogens with zero attached hydrogens (tertiary/aromatic N) is 1. The summed E-state index contributed by atoms with van der Waals surface area (Å²) in [6, 6.07) is 3.79. The zero-order valence-electron chi connectivity index (χ0n) is 9.07. The summed E-state index contributed by atoms with van der Waals surface area (Å²) >= 11 is 3.19. The molecule has 0 aliphatic rings. The Morgan fingerprint density at radius 1 is 1.38 bits per heavy atom. The van der Waals surface area contributed by atoms with E-state index in [0.717, 1.165) is 4.88 Å². The molecule has 5 heteroatoms. The lowest BCUT2D eigenvalue weighted by molar-refractivity contribution is -0.684. The van der Waals surface area contributed by atoms with Crippen molar-refractivity contribution in [3.05, 3.63) is 38.5 Å². The van der Waals surface area contributed by atoms with Crippen LogP contribution in [0.1, 0.15) is 20.2 Å². The van der Waals surface area contributed by atoms with Crippen LogP contribution < -0.4 is 17.0 Å². The minimum Gasteiger partial charge on any atom is -1.00 e. The number of hydrogen-bond donors (Lipinski definition) is 0. The van der Waals surface area contributed by atoms with E-state index in [1.807, 2.05) is 34.5 Å². The van der Waals surface area contributed by atoms with Crippen LogP contribution in [0.25, 0.3) is 0 Å². The first-order valence-electron chi connectivity index (χ1n) is 4.69. The van der Waals surface area contributed by atoms with E-state index in [1.165, 1.54) is 21.9 Å². The molecule has 0 saturated heterocycles. The maximum absolute atomic E-state index is 11.8. The van der Waals surface area contributed by atoms with Crippen LogP contribution in [0.15, 0.2) is 23.0 Å². The van der Waals surface area contributed by atoms with Crippen molar-refractivity contribution in [2.24, 2.45) is 0 Å². The van der Waals surface area contributed by atoms with E-state index in [-0.39, 0.29) is 18.2 Å². The largest absolute Gasteiger partial charge is 1.00 e. The smallest absolute Gasteiger partial charge is 0.237 e. The van der Waals surface area contributed by atoms with Gasteiger partial charge in [-0.15, -0.1) is 11.3 Å². The molecule has 0 aliphatic carbocycles. The van der Waals surface area contributed by atoms with Gasteiger partial charge in [-0.05, 0) is 18.4 Å². The zero-order chi connectivity index (χ0) is 10.8. The van der Waals surface area contributed by atoms with Gasteiger partial charge in [-0.1, -0.05) is 17.4 Å². The first kappa shape index (κ1) is 13.4. The molecule has 0 spiro atoms. The molecule has 0 atom stereocenters. The number of rotatable bonds is 3. The standard InChI is InChI=1S/C11H12NOS2.ClH/c1-8-9(2)15-7-12(8)6-10(13)11-4-3-5-14-11;/h3-5,7H,6H2,1-2H3;1H/q+1;/p-1. The molecular formula is C11H12ClNOS2. The third-order valence-corrected chi connectivity index (χ3v) is 4.33. The Morgan fingerprint density at radius 2 is 2.12 bits per heavy atom. The topological polar surface area (TPSA) is 20.9 Å². The monoisotopic (exact) mass is 273 g/mol. The predicted octanol–water partition coefficient (Wildman–Crippen LogP) is -0.399. The Labute approximate surface area is 109 Å². The van der Waals surface area contributed by atoms with Crippen LogP contribution in [0.4, 0.5) is 0 Å². The summed E-state index contributed by atoms with van der Waals surface area (Å²) in [7, 11) is 0. The molecule has 86 valence electrons. The summed E-state index contributed by atoms with van der Waals surface area (Å²) in [4.78, 5) is 13.9. The van der Waals surface area contributed by atoms with Crippen molar-refractivity contribution >= 4 is 28.5 Å². The maximum Gasteiger partial charge on any atom is 0.237 e. The predicted molar refractivity (Wildman–Crippen MR) is 62.6 cm³/mol. The molecule has 0 aromatic carbocycles. The van der Waals surface area contributed by atoms with E-state index in [1.54, 1.807) is 11.3 Å². The third kappa shape index (κ3) is 2.70. The Kier molecular flexibility index (Phi) is 4.65. The van der Waals surface area contributed by atoms with Crippen LogP contribution in [0, 0.1) is 13.8 Å². The minimum atomic E-state index is 0. The van der Waals surface area contributed by atoms with Gasteiger partial charge in [-0.3, -0.25) is 4.79 Å². The van der Waals surface area contributed by atoms with Crippen LogP contribution in [0.2, 0.25) is 0 Å². The van der Waals surface area contributed by atoms with Gasteiger partial charge in [0.15, 0.2) is 5.69 Å². The summed E-state index contributed by atoms with van der Waals surface area (Å²) in [5.41, 5.74) is 3.20. The fourth-order valence-electron chi connectivity index (χ4n) is 1.33. The second-order valence-electron chi connectivity index (χ2n) is 3.39. The van der Waals surface area contributed by atoms with Crippen LogP contribution >= 0.6 is 22.7 Å². The molecule has 0 N–H and O–H groups in total. The summed E-state index contributed by atoms with van der Waals surface area (Å²) in [5.74, 6) is 0.191. The van der Waals surface area contributed by atoms with E-state index in [0.29, 0.717) is 6.54 Å². The highest BCUT2D eigenvalue weighted by Gasteiger charge is 2.17. The molecule has 0 saturated carbocycles. The average Bonchev–Trinajstić information content (AvgIpc) is 2.83. The molecule has 16 heavy (non-hydrogen) atoms. The summed E-state index contributed by atoms with van der Waals surface area (Å²) in [6.45, 7) is 4.58. The van der Waals surface area contributed by atoms with Gasteiger partial charge < -0.3 is 12.4 Å². The molecule has 0 bridgehead atoms. The lowest BCUT2D eigenvalue weighted by Gasteiger charge is -1.93. The second kappa shape index (κ2) is 5.57. The highest BCUT2D eigenvalue weighted by Crippen LogP contribution is 2.11. The Hall–Kier alpha value is -0.710. The minimum absolute atomic E-state index is 0. The van der Waals surface area contributed by atoms with E-state index in [9.17, 15) is 4.79 Å². The SMILES string of the molecule is Cc1sc[n+](CC(=O)c2cccs2)c1C.[Cl-]. The van der Waals surface area contributed by atoms with Gasteiger partial charge in [0.2, 0.25) is 17.8 Å². The van der Waals surface area contributed by atoms with Gasteiger partial charge >= 0.3 is 0 Å². The fourth-order valence-corrected chi connectivity index (χ4v) is 2.80. The lowest BCUT2D eigenvalue weighted by Crippen LogP contribution is -3.00. The molecule has 2 heterocycles. The lowest BCUT2D eigenvalue weighted by atomic mass is 10.3. The highest BCUT2D eigenvalue weighted by molar-refractivity contribution is 7.12. The van der Waals surface area contributed by atoms with Crippen LogP contribution in [0.3, 0.4) is 0 Å². The molecule has 0 unspecified atom stereocenters. The molecule has 0 fully saturated rings. The van der Waals surface area contributed by atoms with Gasteiger partial charge in [0.1, 0.15) is 0 Å². The number of aromatic nitrogens is 1. The first-order chi connectivity index (χ1) is 7.18.